The molecule has 0 aromatic carbocycles. The molecule has 1 aliphatic rings. The van der Waals surface area contributed by atoms with Crippen molar-refractivity contribution in [3.05, 3.63) is 29.0 Å². The van der Waals surface area contributed by atoms with Crippen LogP contribution in [0.2, 0.25) is 5.15 Å². The molecule has 1 fully saturated rings. The van der Waals surface area contributed by atoms with E-state index in [1.54, 1.807) is 13.2 Å². The number of carbonyl (C=O) groups is 1. The fourth-order valence-corrected chi connectivity index (χ4v) is 2.51. The van der Waals surface area contributed by atoms with Gasteiger partial charge < -0.3 is 5.32 Å². The summed E-state index contributed by atoms with van der Waals surface area (Å²) >= 11 is 6.04. The molecule has 0 spiro atoms. The highest BCUT2D eigenvalue weighted by atomic mass is 35.5. The van der Waals surface area contributed by atoms with E-state index in [2.05, 4.69) is 15.2 Å². The summed E-state index contributed by atoms with van der Waals surface area (Å²) in [7, 11) is 1.70. The number of hydrogen-bond acceptors (Lipinski definition) is 3. The highest BCUT2D eigenvalue weighted by molar-refractivity contribution is 6.30. The van der Waals surface area contributed by atoms with Crippen LogP contribution in [0.1, 0.15) is 18.4 Å². The minimum Gasteiger partial charge on any atom is -0.359 e. The first kappa shape index (κ1) is 13.3. The second kappa shape index (κ2) is 6.16. The van der Waals surface area contributed by atoms with E-state index >= 15 is 0 Å². The molecule has 1 aliphatic heterocycles. The molecule has 1 saturated heterocycles. The van der Waals surface area contributed by atoms with Gasteiger partial charge in [-0.05, 0) is 32.0 Å². The van der Waals surface area contributed by atoms with Crippen LogP contribution in [-0.4, -0.2) is 35.9 Å². The zero-order valence-electron chi connectivity index (χ0n) is 10.5. The van der Waals surface area contributed by atoms with E-state index in [0.29, 0.717) is 5.15 Å². The van der Waals surface area contributed by atoms with E-state index in [4.69, 9.17) is 11.6 Å². The van der Waals surface area contributed by atoms with Crippen LogP contribution in [0, 0.1) is 5.92 Å². The summed E-state index contributed by atoms with van der Waals surface area (Å²) in [5, 5.41) is 3.29. The molecule has 0 atom stereocenters. The Balaban J connectivity index is 1.87. The van der Waals surface area contributed by atoms with Crippen molar-refractivity contribution in [2.45, 2.75) is 19.4 Å². The number of halogens is 1. The van der Waals surface area contributed by atoms with Gasteiger partial charge >= 0.3 is 0 Å². The lowest BCUT2D eigenvalue weighted by Crippen LogP contribution is -2.39. The minimum atomic E-state index is 0.161. The summed E-state index contributed by atoms with van der Waals surface area (Å²) in [6.45, 7) is 2.68. The number of hydrogen-bond donors (Lipinski definition) is 1. The average molecular weight is 268 g/mol. The number of pyridine rings is 1. The molecule has 1 N–H and O–H groups in total. The molecule has 0 unspecified atom stereocenters. The number of nitrogens with one attached hydrogen (secondary N) is 1. The van der Waals surface area contributed by atoms with Gasteiger partial charge in [0, 0.05) is 31.3 Å². The highest BCUT2D eigenvalue weighted by Crippen LogP contribution is 2.21. The van der Waals surface area contributed by atoms with Crippen LogP contribution in [0.4, 0.5) is 0 Å². The van der Waals surface area contributed by atoms with Crippen LogP contribution in [0.3, 0.4) is 0 Å². The Bertz CT molecular complexity index is 416. The summed E-state index contributed by atoms with van der Waals surface area (Å²) in [5.41, 5.74) is 1.05. The minimum absolute atomic E-state index is 0.161. The zero-order chi connectivity index (χ0) is 13.0. The van der Waals surface area contributed by atoms with Gasteiger partial charge in [0.1, 0.15) is 5.15 Å². The fourth-order valence-electron chi connectivity index (χ4n) is 2.34. The lowest BCUT2D eigenvalue weighted by molar-refractivity contribution is -0.125. The first-order chi connectivity index (χ1) is 8.70. The van der Waals surface area contributed by atoms with Crippen molar-refractivity contribution in [2.24, 2.45) is 5.92 Å². The van der Waals surface area contributed by atoms with Crippen molar-refractivity contribution in [1.29, 1.82) is 0 Å². The quantitative estimate of drug-likeness (QED) is 0.848. The number of likely N-dealkylation sites (tertiary alicyclic amines) is 1. The molecule has 2 heterocycles. The Morgan fingerprint density at radius 1 is 1.56 bits per heavy atom. The number of rotatable bonds is 3. The van der Waals surface area contributed by atoms with Gasteiger partial charge in [0.05, 0.1) is 0 Å². The number of nitrogens with zero attached hydrogens (tertiary/aromatic N) is 2. The lowest BCUT2D eigenvalue weighted by atomic mass is 9.96. The number of carbonyl (C=O) groups excluding carboxylic acids is 1. The van der Waals surface area contributed by atoms with Crippen LogP contribution >= 0.6 is 11.6 Å². The van der Waals surface area contributed by atoms with Crippen molar-refractivity contribution in [2.75, 3.05) is 20.1 Å². The van der Waals surface area contributed by atoms with Gasteiger partial charge in [0.2, 0.25) is 5.91 Å². The molecule has 1 amide bonds. The molecule has 1 aromatic heterocycles. The van der Waals surface area contributed by atoms with Gasteiger partial charge in [0.25, 0.3) is 0 Å². The van der Waals surface area contributed by atoms with Gasteiger partial charge in [-0.25, -0.2) is 4.98 Å². The standard InChI is InChI=1S/C13H18ClN3O/c1-15-13(18)10-4-7-17(8-5-10)9-11-3-2-6-16-12(11)14/h2-3,6,10H,4-5,7-9H2,1H3,(H,15,18). The third-order valence-corrected chi connectivity index (χ3v) is 3.78. The molecular formula is C13H18ClN3O. The molecular weight excluding hydrogens is 250 g/mol. The van der Waals surface area contributed by atoms with E-state index in [-0.39, 0.29) is 11.8 Å². The number of amides is 1. The maximum atomic E-state index is 11.5. The molecule has 5 heteroatoms. The SMILES string of the molecule is CNC(=O)C1CCN(Cc2cccnc2Cl)CC1. The van der Waals surface area contributed by atoms with Gasteiger partial charge in [-0.3, -0.25) is 9.69 Å². The molecule has 18 heavy (non-hydrogen) atoms. The normalized spacial score (nSPS) is 17.7. The molecule has 1 aromatic rings. The summed E-state index contributed by atoms with van der Waals surface area (Å²) < 4.78 is 0. The third-order valence-electron chi connectivity index (χ3n) is 3.44. The topological polar surface area (TPSA) is 45.2 Å². The van der Waals surface area contributed by atoms with Crippen LogP contribution in [-0.2, 0) is 11.3 Å². The summed E-state index contributed by atoms with van der Waals surface area (Å²) in [4.78, 5) is 17.9. The van der Waals surface area contributed by atoms with Gasteiger partial charge in [0.15, 0.2) is 0 Å². The zero-order valence-corrected chi connectivity index (χ0v) is 11.3. The first-order valence-corrected chi connectivity index (χ1v) is 6.62. The maximum Gasteiger partial charge on any atom is 0.222 e. The molecule has 0 radical (unpaired) electrons. The van der Waals surface area contributed by atoms with Crippen LogP contribution in [0.15, 0.2) is 18.3 Å². The third kappa shape index (κ3) is 3.21. The largest absolute Gasteiger partial charge is 0.359 e. The Morgan fingerprint density at radius 3 is 2.89 bits per heavy atom. The first-order valence-electron chi connectivity index (χ1n) is 6.24. The second-order valence-corrected chi connectivity index (χ2v) is 4.98. The molecule has 0 saturated carbocycles. The Morgan fingerprint density at radius 2 is 2.28 bits per heavy atom. The van der Waals surface area contributed by atoms with Gasteiger partial charge in [-0.2, -0.15) is 0 Å². The number of piperidine rings is 1. The van der Waals surface area contributed by atoms with Crippen molar-refractivity contribution in [3.8, 4) is 0 Å². The Kier molecular flexibility index (Phi) is 4.55. The van der Waals surface area contributed by atoms with Crippen molar-refractivity contribution in [1.82, 2.24) is 15.2 Å². The second-order valence-electron chi connectivity index (χ2n) is 4.62. The van der Waals surface area contributed by atoms with E-state index in [1.165, 1.54) is 0 Å². The Labute approximate surface area is 112 Å². The number of aromatic nitrogens is 1. The predicted octanol–water partition coefficient (Wildman–Crippen LogP) is 1.69. The van der Waals surface area contributed by atoms with E-state index in [0.717, 1.165) is 38.0 Å². The molecule has 0 bridgehead atoms. The van der Waals surface area contributed by atoms with Crippen LogP contribution < -0.4 is 5.32 Å². The molecule has 0 aliphatic carbocycles. The predicted molar refractivity (Wildman–Crippen MR) is 71.3 cm³/mol. The summed E-state index contributed by atoms with van der Waals surface area (Å²) in [6, 6.07) is 3.90. The van der Waals surface area contributed by atoms with Crippen LogP contribution in [0.25, 0.3) is 0 Å². The summed E-state index contributed by atoms with van der Waals surface area (Å²) in [5.74, 6) is 0.324. The van der Waals surface area contributed by atoms with Crippen molar-refractivity contribution >= 4 is 17.5 Å². The Hall–Kier alpha value is -1.13. The van der Waals surface area contributed by atoms with E-state index in [1.807, 2.05) is 12.1 Å². The molecule has 2 rings (SSSR count). The lowest BCUT2D eigenvalue weighted by Gasteiger charge is -2.31. The highest BCUT2D eigenvalue weighted by Gasteiger charge is 2.24. The molecule has 98 valence electrons. The van der Waals surface area contributed by atoms with Gasteiger partial charge in [-0.15, -0.1) is 0 Å². The molecule has 4 nitrogen and oxygen atoms in total. The smallest absolute Gasteiger partial charge is 0.222 e. The van der Waals surface area contributed by atoms with Crippen LogP contribution in [0.5, 0.6) is 0 Å². The van der Waals surface area contributed by atoms with Gasteiger partial charge in [-0.1, -0.05) is 17.7 Å². The van der Waals surface area contributed by atoms with E-state index < -0.39 is 0 Å². The monoisotopic (exact) mass is 267 g/mol. The fraction of sp³-hybridized carbons (Fsp3) is 0.538. The van der Waals surface area contributed by atoms with Crippen molar-refractivity contribution in [3.63, 3.8) is 0 Å². The maximum absolute atomic E-state index is 11.5. The average Bonchev–Trinajstić information content (AvgIpc) is 2.41. The summed E-state index contributed by atoms with van der Waals surface area (Å²) in [6.07, 6.45) is 3.53. The van der Waals surface area contributed by atoms with E-state index in [9.17, 15) is 4.79 Å². The van der Waals surface area contributed by atoms with Crippen molar-refractivity contribution < 1.29 is 4.79 Å².